The number of halogens is 1. The molecule has 1 N–H and O–H groups in total. The smallest absolute Gasteiger partial charge is 0.136 e. The van der Waals surface area contributed by atoms with E-state index >= 15 is 0 Å². The Kier molecular flexibility index (Phi) is 3.29. The summed E-state index contributed by atoms with van der Waals surface area (Å²) >= 11 is 0. The van der Waals surface area contributed by atoms with Crippen LogP contribution >= 0.6 is 0 Å². The first kappa shape index (κ1) is 11.6. The van der Waals surface area contributed by atoms with Crippen LogP contribution in [0.1, 0.15) is 49.8 Å². The first-order valence-corrected chi connectivity index (χ1v) is 6.13. The molecule has 1 saturated carbocycles. The molecule has 0 spiro atoms. The van der Waals surface area contributed by atoms with E-state index in [4.69, 9.17) is 0 Å². The molecule has 0 radical (unpaired) electrons. The highest BCUT2D eigenvalue weighted by atomic mass is 19.1. The van der Waals surface area contributed by atoms with Crippen molar-refractivity contribution in [3.63, 3.8) is 0 Å². The van der Waals surface area contributed by atoms with Crippen LogP contribution in [0.25, 0.3) is 0 Å². The Labute approximate surface area is 97.1 Å². The fourth-order valence-corrected chi connectivity index (χ4v) is 2.64. The highest BCUT2D eigenvalue weighted by Crippen LogP contribution is 2.44. The van der Waals surface area contributed by atoms with Gasteiger partial charge in [0.25, 0.3) is 0 Å². The second-order valence-corrected chi connectivity index (χ2v) is 4.77. The standard InChI is InChI=1S/C14H20FN/c1-11(16-2)12-7-3-4-8-13(12)14(15)9-5-6-10-14/h3-4,7-8,11,16H,5-6,9-10H2,1-2H3. The molecule has 1 atom stereocenters. The summed E-state index contributed by atoms with van der Waals surface area (Å²) < 4.78 is 14.8. The van der Waals surface area contributed by atoms with Gasteiger partial charge in [0.05, 0.1) is 0 Å². The van der Waals surface area contributed by atoms with Gasteiger partial charge >= 0.3 is 0 Å². The first-order chi connectivity index (χ1) is 7.67. The predicted molar refractivity (Wildman–Crippen MR) is 65.2 cm³/mol. The van der Waals surface area contributed by atoms with Gasteiger partial charge in [-0.1, -0.05) is 24.3 Å². The van der Waals surface area contributed by atoms with E-state index in [1.807, 2.05) is 31.3 Å². The highest BCUT2D eigenvalue weighted by molar-refractivity contribution is 5.35. The van der Waals surface area contributed by atoms with Crippen LogP contribution in [0.4, 0.5) is 4.39 Å². The largest absolute Gasteiger partial charge is 0.313 e. The Hall–Kier alpha value is -0.890. The quantitative estimate of drug-likeness (QED) is 0.820. The normalized spacial score (nSPS) is 20.9. The fraction of sp³-hybridized carbons (Fsp3) is 0.571. The van der Waals surface area contributed by atoms with E-state index in [1.165, 1.54) is 0 Å². The Morgan fingerprint density at radius 3 is 2.50 bits per heavy atom. The van der Waals surface area contributed by atoms with Crippen LogP contribution in [-0.2, 0) is 5.67 Å². The fourth-order valence-electron chi connectivity index (χ4n) is 2.64. The van der Waals surface area contributed by atoms with Crippen LogP contribution in [-0.4, -0.2) is 7.05 Å². The summed E-state index contributed by atoms with van der Waals surface area (Å²) in [4.78, 5) is 0. The van der Waals surface area contributed by atoms with Crippen LogP contribution < -0.4 is 5.32 Å². The molecule has 1 aromatic carbocycles. The lowest BCUT2D eigenvalue weighted by Gasteiger charge is -2.25. The van der Waals surface area contributed by atoms with Crippen LogP contribution in [0.15, 0.2) is 24.3 Å². The van der Waals surface area contributed by atoms with E-state index < -0.39 is 5.67 Å². The molecule has 0 saturated heterocycles. The average molecular weight is 221 g/mol. The Balaban J connectivity index is 2.39. The molecule has 0 amide bonds. The van der Waals surface area contributed by atoms with Crippen molar-refractivity contribution in [1.29, 1.82) is 0 Å². The number of hydrogen-bond acceptors (Lipinski definition) is 1. The van der Waals surface area contributed by atoms with Gasteiger partial charge in [-0.15, -0.1) is 0 Å². The summed E-state index contributed by atoms with van der Waals surface area (Å²) in [6, 6.07) is 8.14. The molecular weight excluding hydrogens is 201 g/mol. The van der Waals surface area contributed by atoms with Crippen LogP contribution in [0, 0.1) is 0 Å². The summed E-state index contributed by atoms with van der Waals surface area (Å²) in [7, 11) is 1.92. The minimum atomic E-state index is -1.08. The monoisotopic (exact) mass is 221 g/mol. The number of hydrogen-bond donors (Lipinski definition) is 1. The van der Waals surface area contributed by atoms with Crippen molar-refractivity contribution in [3.8, 4) is 0 Å². The van der Waals surface area contributed by atoms with Gasteiger partial charge in [0.2, 0.25) is 0 Å². The van der Waals surface area contributed by atoms with Crippen molar-refractivity contribution >= 4 is 0 Å². The summed E-state index contributed by atoms with van der Waals surface area (Å²) in [5.74, 6) is 0. The third kappa shape index (κ3) is 1.99. The Bertz CT molecular complexity index is 356. The van der Waals surface area contributed by atoms with Crippen LogP contribution in [0.2, 0.25) is 0 Å². The average Bonchev–Trinajstić information content (AvgIpc) is 2.76. The van der Waals surface area contributed by atoms with E-state index in [1.54, 1.807) is 0 Å². The van der Waals surface area contributed by atoms with Gasteiger partial charge in [-0.25, -0.2) is 4.39 Å². The van der Waals surface area contributed by atoms with Crippen LogP contribution in [0.5, 0.6) is 0 Å². The van der Waals surface area contributed by atoms with Crippen molar-refractivity contribution in [1.82, 2.24) is 5.32 Å². The third-order valence-corrected chi connectivity index (χ3v) is 3.74. The molecule has 0 aliphatic heterocycles. The third-order valence-electron chi connectivity index (χ3n) is 3.74. The van der Waals surface area contributed by atoms with Crippen LogP contribution in [0.3, 0.4) is 0 Å². The van der Waals surface area contributed by atoms with Gasteiger partial charge in [-0.2, -0.15) is 0 Å². The van der Waals surface area contributed by atoms with E-state index in [2.05, 4.69) is 12.2 Å². The van der Waals surface area contributed by atoms with E-state index in [9.17, 15) is 4.39 Å². The lowest BCUT2D eigenvalue weighted by atomic mass is 9.87. The second kappa shape index (κ2) is 4.54. The topological polar surface area (TPSA) is 12.0 Å². The maximum absolute atomic E-state index is 14.8. The molecule has 1 unspecified atom stereocenters. The zero-order valence-electron chi connectivity index (χ0n) is 10.1. The lowest BCUT2D eigenvalue weighted by Crippen LogP contribution is -2.22. The number of nitrogens with one attached hydrogen (secondary N) is 1. The number of alkyl halides is 1. The van der Waals surface area contributed by atoms with E-state index in [-0.39, 0.29) is 6.04 Å². The van der Waals surface area contributed by atoms with E-state index in [0.717, 1.165) is 24.0 Å². The zero-order chi connectivity index (χ0) is 11.6. The van der Waals surface area contributed by atoms with Crippen molar-refractivity contribution in [2.45, 2.75) is 44.3 Å². The molecule has 2 rings (SSSR count). The van der Waals surface area contributed by atoms with E-state index in [0.29, 0.717) is 12.8 Å². The van der Waals surface area contributed by atoms with Crippen molar-refractivity contribution in [2.24, 2.45) is 0 Å². The number of benzene rings is 1. The summed E-state index contributed by atoms with van der Waals surface area (Å²) in [6.45, 7) is 2.08. The van der Waals surface area contributed by atoms with Gasteiger partial charge < -0.3 is 5.32 Å². The highest BCUT2D eigenvalue weighted by Gasteiger charge is 2.37. The molecule has 88 valence electrons. The van der Waals surface area contributed by atoms with Gasteiger partial charge in [-0.05, 0) is 50.8 Å². The van der Waals surface area contributed by atoms with Crippen molar-refractivity contribution in [3.05, 3.63) is 35.4 Å². The Morgan fingerprint density at radius 1 is 1.25 bits per heavy atom. The SMILES string of the molecule is CNC(C)c1ccccc1C1(F)CCCC1. The Morgan fingerprint density at radius 2 is 1.88 bits per heavy atom. The molecule has 1 fully saturated rings. The van der Waals surface area contributed by atoms with Gasteiger partial charge in [0.15, 0.2) is 0 Å². The van der Waals surface area contributed by atoms with Gasteiger partial charge in [0, 0.05) is 6.04 Å². The number of rotatable bonds is 3. The molecular formula is C14H20FN. The second-order valence-electron chi connectivity index (χ2n) is 4.77. The minimum Gasteiger partial charge on any atom is -0.313 e. The summed E-state index contributed by atoms with van der Waals surface area (Å²) in [5, 5.41) is 3.20. The van der Waals surface area contributed by atoms with Gasteiger partial charge in [0.1, 0.15) is 5.67 Å². The molecule has 1 nitrogen and oxygen atoms in total. The molecule has 1 aliphatic rings. The predicted octanol–water partition coefficient (Wildman–Crippen LogP) is 3.71. The maximum Gasteiger partial charge on any atom is 0.136 e. The molecule has 0 heterocycles. The molecule has 2 heteroatoms. The zero-order valence-corrected chi connectivity index (χ0v) is 10.1. The maximum atomic E-state index is 14.8. The minimum absolute atomic E-state index is 0.212. The molecule has 1 aliphatic carbocycles. The van der Waals surface area contributed by atoms with Gasteiger partial charge in [-0.3, -0.25) is 0 Å². The molecule has 0 aromatic heterocycles. The van der Waals surface area contributed by atoms with Crippen molar-refractivity contribution < 1.29 is 4.39 Å². The molecule has 0 bridgehead atoms. The summed E-state index contributed by atoms with van der Waals surface area (Å²) in [5.41, 5.74) is 0.922. The molecule has 16 heavy (non-hydrogen) atoms. The lowest BCUT2D eigenvalue weighted by molar-refractivity contribution is 0.172. The first-order valence-electron chi connectivity index (χ1n) is 6.13. The molecule has 1 aromatic rings. The van der Waals surface area contributed by atoms with Crippen molar-refractivity contribution in [2.75, 3.05) is 7.05 Å². The summed E-state index contributed by atoms with van der Waals surface area (Å²) in [6.07, 6.45) is 3.39.